The first kappa shape index (κ1) is 20.1. The van der Waals surface area contributed by atoms with E-state index in [0.717, 1.165) is 18.8 Å². The van der Waals surface area contributed by atoms with E-state index >= 15 is 0 Å². The Hall–Kier alpha value is -0.990. The van der Waals surface area contributed by atoms with Crippen molar-refractivity contribution in [2.24, 2.45) is 29.1 Å². The molecule has 2 N–H and O–H groups in total. The molecular formula is C20H37NO2. The second kappa shape index (κ2) is 8.21. The van der Waals surface area contributed by atoms with Gasteiger partial charge in [-0.25, -0.2) is 4.79 Å². The van der Waals surface area contributed by atoms with Gasteiger partial charge < -0.3 is 10.4 Å². The molecule has 2 rings (SSSR count). The van der Waals surface area contributed by atoms with Gasteiger partial charge in [-0.15, -0.1) is 0 Å². The van der Waals surface area contributed by atoms with Crippen LogP contribution in [0, 0.1) is 29.1 Å². The fourth-order valence-electron chi connectivity index (χ4n) is 3.72. The van der Waals surface area contributed by atoms with Crippen molar-refractivity contribution < 1.29 is 9.90 Å². The second-order valence-electron chi connectivity index (χ2n) is 8.93. The normalized spacial score (nSPS) is 31.7. The third-order valence-corrected chi connectivity index (χ3v) is 5.46. The number of rotatable bonds is 3. The van der Waals surface area contributed by atoms with Crippen molar-refractivity contribution in [3.63, 3.8) is 0 Å². The van der Waals surface area contributed by atoms with Gasteiger partial charge in [0.1, 0.15) is 0 Å². The highest BCUT2D eigenvalue weighted by atomic mass is 16.4. The molecule has 0 spiro atoms. The molecule has 0 radical (unpaired) electrons. The first-order chi connectivity index (χ1) is 10.5. The first-order valence-corrected chi connectivity index (χ1v) is 9.17. The highest BCUT2D eigenvalue weighted by Gasteiger charge is 2.43. The van der Waals surface area contributed by atoms with Gasteiger partial charge >= 0.3 is 6.09 Å². The summed E-state index contributed by atoms with van der Waals surface area (Å²) in [5.41, 5.74) is 2.09. The number of carbonyl (C=O) groups is 1. The van der Waals surface area contributed by atoms with Gasteiger partial charge in [-0.2, -0.15) is 0 Å². The van der Waals surface area contributed by atoms with Crippen LogP contribution in [-0.2, 0) is 0 Å². The van der Waals surface area contributed by atoms with E-state index in [1.54, 1.807) is 0 Å². The summed E-state index contributed by atoms with van der Waals surface area (Å²) in [6, 6.07) is 0.163. The molecule has 2 fully saturated rings. The lowest BCUT2D eigenvalue weighted by molar-refractivity contribution is 0.147. The number of nitrogens with one attached hydrogen (secondary N) is 1. The maximum atomic E-state index is 10.6. The molecule has 4 atom stereocenters. The third kappa shape index (κ3) is 6.97. The summed E-state index contributed by atoms with van der Waals surface area (Å²) in [7, 11) is 0. The average molecular weight is 324 g/mol. The lowest BCUT2D eigenvalue weighted by Gasteiger charge is -2.37. The zero-order valence-corrected chi connectivity index (χ0v) is 16.1. The van der Waals surface area contributed by atoms with Crippen molar-refractivity contribution in [2.75, 3.05) is 0 Å². The Balaban J connectivity index is 0.000000253. The fourth-order valence-corrected chi connectivity index (χ4v) is 3.72. The molecule has 2 aliphatic carbocycles. The minimum absolute atomic E-state index is 0.163. The number of hydrogen-bond acceptors (Lipinski definition) is 1. The maximum Gasteiger partial charge on any atom is 0.404 e. The molecule has 0 aromatic carbocycles. The molecule has 134 valence electrons. The largest absolute Gasteiger partial charge is 0.465 e. The molecule has 2 saturated carbocycles. The van der Waals surface area contributed by atoms with E-state index in [9.17, 15) is 4.79 Å². The molecule has 1 amide bonds. The van der Waals surface area contributed by atoms with E-state index in [2.05, 4.69) is 59.9 Å². The predicted molar refractivity (Wildman–Crippen MR) is 97.6 cm³/mol. The average Bonchev–Trinajstić information content (AvgIpc) is 2.94. The van der Waals surface area contributed by atoms with Gasteiger partial charge in [0.2, 0.25) is 0 Å². The van der Waals surface area contributed by atoms with Crippen LogP contribution in [0.5, 0.6) is 0 Å². The van der Waals surface area contributed by atoms with Crippen molar-refractivity contribution in [3.05, 3.63) is 11.6 Å². The Morgan fingerprint density at radius 3 is 2.17 bits per heavy atom. The molecular weight excluding hydrogens is 286 g/mol. The smallest absolute Gasteiger partial charge is 0.404 e. The molecule has 0 unspecified atom stereocenters. The van der Waals surface area contributed by atoms with Crippen LogP contribution in [0.4, 0.5) is 4.79 Å². The standard InChI is InChI=1S/C11H21NO2.C9H16/c1-7(2)9-5-4-8(3)6-10(9)12-11(13)14;1-7(2)5-8-6-9(8,3)4/h7-10,12H,4-6H2,1-3H3,(H,13,14);5,8H,6H2,1-4H3/t8-,9+,10+;8-/m10/s1. The number of carboxylic acid groups (broad SMARTS) is 1. The van der Waals surface area contributed by atoms with E-state index in [1.165, 1.54) is 18.4 Å². The van der Waals surface area contributed by atoms with Crippen LogP contribution in [-0.4, -0.2) is 17.2 Å². The third-order valence-electron chi connectivity index (χ3n) is 5.46. The van der Waals surface area contributed by atoms with Gasteiger partial charge in [0.05, 0.1) is 0 Å². The maximum absolute atomic E-state index is 10.6. The van der Waals surface area contributed by atoms with Crippen molar-refractivity contribution >= 4 is 6.09 Å². The fraction of sp³-hybridized carbons (Fsp3) is 0.850. The van der Waals surface area contributed by atoms with Crippen LogP contribution in [0.25, 0.3) is 0 Å². The Bertz CT molecular complexity index is 421. The highest BCUT2D eigenvalue weighted by molar-refractivity contribution is 5.64. The lowest BCUT2D eigenvalue weighted by atomic mass is 9.74. The molecule has 0 heterocycles. The van der Waals surface area contributed by atoms with E-state index in [0.29, 0.717) is 23.2 Å². The van der Waals surface area contributed by atoms with E-state index in [4.69, 9.17) is 5.11 Å². The summed E-state index contributed by atoms with van der Waals surface area (Å²) in [6.07, 6.45) is 6.28. The number of hydrogen-bond donors (Lipinski definition) is 2. The zero-order chi connectivity index (χ0) is 17.8. The molecule has 23 heavy (non-hydrogen) atoms. The van der Waals surface area contributed by atoms with E-state index in [-0.39, 0.29) is 6.04 Å². The monoisotopic (exact) mass is 323 g/mol. The van der Waals surface area contributed by atoms with Crippen LogP contribution < -0.4 is 5.32 Å². The summed E-state index contributed by atoms with van der Waals surface area (Å²) in [5.74, 6) is 2.62. The van der Waals surface area contributed by atoms with Crippen LogP contribution in [0.2, 0.25) is 0 Å². The molecule has 3 nitrogen and oxygen atoms in total. The minimum Gasteiger partial charge on any atom is -0.465 e. The van der Waals surface area contributed by atoms with Crippen molar-refractivity contribution in [1.29, 1.82) is 0 Å². The van der Waals surface area contributed by atoms with Crippen molar-refractivity contribution in [3.8, 4) is 0 Å². The molecule has 0 saturated heterocycles. The summed E-state index contributed by atoms with van der Waals surface area (Å²) < 4.78 is 0. The summed E-state index contributed by atoms with van der Waals surface area (Å²) >= 11 is 0. The van der Waals surface area contributed by atoms with Gasteiger partial charge in [0.25, 0.3) is 0 Å². The second-order valence-corrected chi connectivity index (χ2v) is 8.93. The van der Waals surface area contributed by atoms with Gasteiger partial charge in [-0.1, -0.05) is 52.7 Å². The summed E-state index contributed by atoms with van der Waals surface area (Å²) in [4.78, 5) is 10.6. The summed E-state index contributed by atoms with van der Waals surface area (Å²) in [5, 5.41) is 11.4. The lowest BCUT2D eigenvalue weighted by Crippen LogP contribution is -2.45. The van der Waals surface area contributed by atoms with E-state index in [1.807, 2.05) is 0 Å². The zero-order valence-electron chi connectivity index (χ0n) is 16.1. The molecule has 0 aromatic rings. The van der Waals surface area contributed by atoms with Gasteiger partial charge in [-0.05, 0) is 62.2 Å². The number of allylic oxidation sites excluding steroid dienone is 2. The first-order valence-electron chi connectivity index (χ1n) is 9.17. The Labute approximate surface area is 142 Å². The van der Waals surface area contributed by atoms with Gasteiger partial charge in [0, 0.05) is 6.04 Å². The van der Waals surface area contributed by atoms with Crippen molar-refractivity contribution in [2.45, 2.75) is 80.2 Å². The Kier molecular flexibility index (Phi) is 7.16. The molecule has 2 aliphatic rings. The van der Waals surface area contributed by atoms with Crippen LogP contribution in [0.3, 0.4) is 0 Å². The topological polar surface area (TPSA) is 49.3 Å². The molecule has 0 bridgehead atoms. The van der Waals surface area contributed by atoms with Crippen LogP contribution in [0.15, 0.2) is 11.6 Å². The van der Waals surface area contributed by atoms with Gasteiger partial charge in [-0.3, -0.25) is 0 Å². The highest BCUT2D eigenvalue weighted by Crippen LogP contribution is 2.52. The summed E-state index contributed by atoms with van der Waals surface area (Å²) in [6.45, 7) is 15.6. The molecule has 0 aliphatic heterocycles. The molecule has 3 heteroatoms. The SMILES string of the molecule is CC(C)=C[C@H]1CC1(C)C.CC(C)[C@@H]1CC[C@@H](C)C[C@@H]1NC(=O)O. The Morgan fingerprint density at radius 1 is 1.26 bits per heavy atom. The van der Waals surface area contributed by atoms with Crippen molar-refractivity contribution in [1.82, 2.24) is 5.32 Å². The predicted octanol–water partition coefficient (Wildman–Crippen LogP) is 5.71. The number of amides is 1. The van der Waals surface area contributed by atoms with E-state index < -0.39 is 6.09 Å². The van der Waals surface area contributed by atoms with Crippen LogP contribution in [0.1, 0.15) is 74.1 Å². The molecule has 0 aromatic heterocycles. The van der Waals surface area contributed by atoms with Gasteiger partial charge in [0.15, 0.2) is 0 Å². The van der Waals surface area contributed by atoms with Crippen LogP contribution >= 0.6 is 0 Å². The quantitative estimate of drug-likeness (QED) is 0.653. The minimum atomic E-state index is -0.880. The Morgan fingerprint density at radius 2 is 1.83 bits per heavy atom.